The van der Waals surface area contributed by atoms with Crippen molar-refractivity contribution in [2.75, 3.05) is 26.2 Å². The van der Waals surface area contributed by atoms with Gasteiger partial charge in [0.05, 0.1) is 18.7 Å². The number of piperazine rings is 1. The summed E-state index contributed by atoms with van der Waals surface area (Å²) in [6, 6.07) is 13.4. The Morgan fingerprint density at radius 1 is 1.00 bits per heavy atom. The number of carbonyl (C=O) groups excluding carboxylic acids is 1. The lowest BCUT2D eigenvalue weighted by Crippen LogP contribution is -2.48. The maximum absolute atomic E-state index is 13.0. The van der Waals surface area contributed by atoms with Crippen molar-refractivity contribution in [2.45, 2.75) is 13.0 Å². The molecule has 29 heavy (non-hydrogen) atoms. The number of halogens is 2. The van der Waals surface area contributed by atoms with E-state index in [1.165, 1.54) is 12.1 Å². The predicted octanol–water partition coefficient (Wildman–Crippen LogP) is 2.34. The number of tetrazole rings is 1. The van der Waals surface area contributed by atoms with Gasteiger partial charge in [-0.25, -0.2) is 4.39 Å². The SMILES string of the molecule is O=C(Cc1ccc(F)cc1)N1CCN(Cc2nnnn2-c2ccc(Cl)cc2)CC1. The molecular formula is C20H20ClFN6O. The van der Waals surface area contributed by atoms with Gasteiger partial charge in [-0.15, -0.1) is 5.10 Å². The highest BCUT2D eigenvalue weighted by molar-refractivity contribution is 6.30. The molecule has 0 N–H and O–H groups in total. The van der Waals surface area contributed by atoms with Gasteiger partial charge < -0.3 is 4.90 Å². The minimum absolute atomic E-state index is 0.0576. The Morgan fingerprint density at radius 2 is 1.69 bits per heavy atom. The maximum Gasteiger partial charge on any atom is 0.227 e. The highest BCUT2D eigenvalue weighted by Crippen LogP contribution is 2.15. The first-order chi connectivity index (χ1) is 14.1. The van der Waals surface area contributed by atoms with Crippen LogP contribution in [0.15, 0.2) is 48.5 Å². The van der Waals surface area contributed by atoms with E-state index in [-0.39, 0.29) is 18.1 Å². The molecule has 0 spiro atoms. The number of carbonyl (C=O) groups is 1. The van der Waals surface area contributed by atoms with Crippen LogP contribution < -0.4 is 0 Å². The smallest absolute Gasteiger partial charge is 0.227 e. The summed E-state index contributed by atoms with van der Waals surface area (Å²) in [5.41, 5.74) is 1.67. The molecule has 4 rings (SSSR count). The summed E-state index contributed by atoms with van der Waals surface area (Å²) >= 11 is 5.95. The lowest BCUT2D eigenvalue weighted by molar-refractivity contribution is -0.132. The molecule has 0 saturated carbocycles. The molecule has 0 atom stereocenters. The van der Waals surface area contributed by atoms with Crippen molar-refractivity contribution in [3.63, 3.8) is 0 Å². The summed E-state index contributed by atoms with van der Waals surface area (Å²) < 4.78 is 14.7. The molecule has 0 unspecified atom stereocenters. The fourth-order valence-electron chi connectivity index (χ4n) is 3.33. The summed E-state index contributed by atoms with van der Waals surface area (Å²) in [5.74, 6) is 0.497. The predicted molar refractivity (Wildman–Crippen MR) is 106 cm³/mol. The second-order valence-corrected chi connectivity index (χ2v) is 7.38. The first-order valence-corrected chi connectivity index (χ1v) is 9.74. The zero-order chi connectivity index (χ0) is 20.2. The second kappa shape index (κ2) is 8.67. The fourth-order valence-corrected chi connectivity index (χ4v) is 3.46. The third-order valence-electron chi connectivity index (χ3n) is 4.96. The van der Waals surface area contributed by atoms with Crippen molar-refractivity contribution in [2.24, 2.45) is 0 Å². The number of nitrogens with zero attached hydrogens (tertiary/aromatic N) is 6. The number of aromatic nitrogens is 4. The van der Waals surface area contributed by atoms with Crippen molar-refractivity contribution in [3.05, 3.63) is 70.8 Å². The Labute approximate surface area is 172 Å². The third-order valence-corrected chi connectivity index (χ3v) is 5.22. The number of hydrogen-bond donors (Lipinski definition) is 0. The summed E-state index contributed by atoms with van der Waals surface area (Å²) in [7, 11) is 0. The fraction of sp³-hybridized carbons (Fsp3) is 0.300. The van der Waals surface area contributed by atoms with Crippen LogP contribution in [0.4, 0.5) is 4.39 Å². The largest absolute Gasteiger partial charge is 0.340 e. The Hall–Kier alpha value is -2.84. The van der Waals surface area contributed by atoms with E-state index in [9.17, 15) is 9.18 Å². The molecule has 1 saturated heterocycles. The van der Waals surface area contributed by atoms with Gasteiger partial charge >= 0.3 is 0 Å². The van der Waals surface area contributed by atoms with E-state index in [0.717, 1.165) is 30.2 Å². The molecule has 1 amide bonds. The van der Waals surface area contributed by atoms with Crippen LogP contribution in [-0.4, -0.2) is 62.1 Å². The van der Waals surface area contributed by atoms with Gasteiger partial charge in [0.2, 0.25) is 5.91 Å². The molecule has 7 nitrogen and oxygen atoms in total. The highest BCUT2D eigenvalue weighted by Gasteiger charge is 2.23. The first kappa shape index (κ1) is 19.5. The number of benzene rings is 2. The van der Waals surface area contributed by atoms with E-state index >= 15 is 0 Å². The van der Waals surface area contributed by atoms with Gasteiger partial charge in [0.1, 0.15) is 5.82 Å². The van der Waals surface area contributed by atoms with Gasteiger partial charge in [0.15, 0.2) is 5.82 Å². The minimum Gasteiger partial charge on any atom is -0.340 e. The quantitative estimate of drug-likeness (QED) is 0.641. The molecule has 150 valence electrons. The molecule has 0 aliphatic carbocycles. The van der Waals surface area contributed by atoms with Gasteiger partial charge in [-0.3, -0.25) is 9.69 Å². The lowest BCUT2D eigenvalue weighted by atomic mass is 10.1. The molecular weight excluding hydrogens is 395 g/mol. The summed E-state index contributed by atoms with van der Waals surface area (Å²) in [6.45, 7) is 3.35. The van der Waals surface area contributed by atoms with Gasteiger partial charge in [0.25, 0.3) is 0 Å². The molecule has 1 aromatic heterocycles. The van der Waals surface area contributed by atoms with Crippen LogP contribution in [0.5, 0.6) is 0 Å². The van der Waals surface area contributed by atoms with E-state index < -0.39 is 0 Å². The standard InChI is InChI=1S/C20H20ClFN6O/c21-16-3-7-18(8-4-16)28-19(23-24-25-28)14-26-9-11-27(12-10-26)20(29)13-15-1-5-17(22)6-2-15/h1-8H,9-14H2. The number of rotatable bonds is 5. The molecule has 1 fully saturated rings. The zero-order valence-electron chi connectivity index (χ0n) is 15.7. The Morgan fingerprint density at radius 3 is 2.38 bits per heavy atom. The average Bonchev–Trinajstić information content (AvgIpc) is 3.19. The van der Waals surface area contributed by atoms with Crippen LogP contribution in [0.3, 0.4) is 0 Å². The van der Waals surface area contributed by atoms with Crippen LogP contribution in [0.25, 0.3) is 5.69 Å². The normalized spacial score (nSPS) is 14.9. The molecule has 3 aromatic rings. The molecule has 0 radical (unpaired) electrons. The summed E-state index contributed by atoms with van der Waals surface area (Å²) in [4.78, 5) is 16.6. The van der Waals surface area contributed by atoms with Crippen molar-refractivity contribution < 1.29 is 9.18 Å². The third kappa shape index (κ3) is 4.78. The van der Waals surface area contributed by atoms with E-state index in [4.69, 9.17) is 11.6 Å². The summed E-state index contributed by atoms with van der Waals surface area (Å²) in [5, 5.41) is 12.7. The zero-order valence-corrected chi connectivity index (χ0v) is 16.5. The minimum atomic E-state index is -0.296. The number of amides is 1. The second-order valence-electron chi connectivity index (χ2n) is 6.94. The van der Waals surface area contributed by atoms with E-state index in [1.54, 1.807) is 28.9 Å². The summed E-state index contributed by atoms with van der Waals surface area (Å²) in [6.07, 6.45) is 0.287. The van der Waals surface area contributed by atoms with Gasteiger partial charge in [-0.05, 0) is 52.4 Å². The van der Waals surface area contributed by atoms with Crippen LogP contribution in [0, 0.1) is 5.82 Å². The average molecular weight is 415 g/mol. The van der Waals surface area contributed by atoms with E-state index in [0.29, 0.717) is 24.7 Å². The number of hydrogen-bond acceptors (Lipinski definition) is 5. The molecule has 1 aliphatic rings. The van der Waals surface area contributed by atoms with Gasteiger partial charge in [0, 0.05) is 31.2 Å². The van der Waals surface area contributed by atoms with Crippen molar-refractivity contribution in [3.8, 4) is 5.69 Å². The maximum atomic E-state index is 13.0. The Kier molecular flexibility index (Phi) is 5.82. The molecule has 2 aromatic carbocycles. The highest BCUT2D eigenvalue weighted by atomic mass is 35.5. The molecule has 0 bridgehead atoms. The van der Waals surface area contributed by atoms with Crippen molar-refractivity contribution in [1.82, 2.24) is 30.0 Å². The van der Waals surface area contributed by atoms with E-state index in [1.807, 2.05) is 17.0 Å². The molecule has 2 heterocycles. The first-order valence-electron chi connectivity index (χ1n) is 9.36. The van der Waals surface area contributed by atoms with Crippen LogP contribution in [0.1, 0.15) is 11.4 Å². The van der Waals surface area contributed by atoms with Crippen LogP contribution in [-0.2, 0) is 17.8 Å². The topological polar surface area (TPSA) is 67.2 Å². The van der Waals surface area contributed by atoms with E-state index in [2.05, 4.69) is 20.4 Å². The monoisotopic (exact) mass is 414 g/mol. The Balaban J connectivity index is 1.32. The van der Waals surface area contributed by atoms with Crippen LogP contribution >= 0.6 is 11.6 Å². The molecule has 9 heteroatoms. The van der Waals surface area contributed by atoms with Crippen molar-refractivity contribution in [1.29, 1.82) is 0 Å². The van der Waals surface area contributed by atoms with Crippen molar-refractivity contribution >= 4 is 17.5 Å². The van der Waals surface area contributed by atoms with Gasteiger partial charge in [-0.1, -0.05) is 23.7 Å². The Bertz CT molecular complexity index is 967. The van der Waals surface area contributed by atoms with Crippen LogP contribution in [0.2, 0.25) is 5.02 Å². The lowest BCUT2D eigenvalue weighted by Gasteiger charge is -2.34. The van der Waals surface area contributed by atoms with Gasteiger partial charge in [-0.2, -0.15) is 4.68 Å². The molecule has 1 aliphatic heterocycles.